The molecule has 0 fully saturated rings. The molecule has 4 rings (SSSR count). The zero-order chi connectivity index (χ0) is 28.4. The molecule has 3 N–H and O–H groups in total. The van der Waals surface area contributed by atoms with Crippen molar-refractivity contribution < 1.29 is 23.9 Å². The van der Waals surface area contributed by atoms with E-state index in [1.807, 2.05) is 91.0 Å². The number of para-hydroxylation sites is 1. The molecule has 8 nitrogen and oxygen atoms in total. The van der Waals surface area contributed by atoms with E-state index in [1.54, 1.807) is 31.3 Å². The molecule has 1 unspecified atom stereocenters. The fourth-order valence-electron chi connectivity index (χ4n) is 3.54. The first kappa shape index (κ1) is 29.6. The van der Waals surface area contributed by atoms with Gasteiger partial charge in [-0.05, 0) is 47.5 Å². The number of amides is 3. The van der Waals surface area contributed by atoms with Gasteiger partial charge in [0.25, 0.3) is 0 Å². The van der Waals surface area contributed by atoms with E-state index < -0.39 is 6.04 Å². The van der Waals surface area contributed by atoms with Crippen molar-refractivity contribution in [2.75, 3.05) is 19.0 Å². The highest BCUT2D eigenvalue weighted by Crippen LogP contribution is 2.22. The molecule has 0 aromatic heterocycles. The van der Waals surface area contributed by atoms with Crippen molar-refractivity contribution >= 4 is 23.9 Å². The molecule has 0 saturated carbocycles. The Labute approximate surface area is 234 Å². The monoisotopic (exact) mass is 539 g/mol. The Balaban J connectivity index is 0.00000103. The van der Waals surface area contributed by atoms with Gasteiger partial charge < -0.3 is 25.4 Å². The average molecular weight is 540 g/mol. The van der Waals surface area contributed by atoms with E-state index in [2.05, 4.69) is 16.0 Å². The maximum Gasteiger partial charge on any atom is 0.249 e. The molecule has 4 aromatic carbocycles. The predicted molar refractivity (Wildman–Crippen MR) is 155 cm³/mol. The highest BCUT2D eigenvalue weighted by molar-refractivity contribution is 5.97. The van der Waals surface area contributed by atoms with Gasteiger partial charge in [-0.3, -0.25) is 14.4 Å². The van der Waals surface area contributed by atoms with Crippen molar-refractivity contribution in [3.63, 3.8) is 0 Å². The predicted octanol–water partition coefficient (Wildman–Crippen LogP) is 4.72. The first-order valence-electron chi connectivity index (χ1n) is 12.8. The molecule has 0 bridgehead atoms. The lowest BCUT2D eigenvalue weighted by Crippen LogP contribution is -2.47. The molecular weight excluding hydrogens is 506 g/mol. The number of nitrogens with one attached hydrogen (secondary N) is 3. The lowest BCUT2D eigenvalue weighted by molar-refractivity contribution is -0.127. The van der Waals surface area contributed by atoms with Gasteiger partial charge in [0, 0.05) is 12.7 Å². The van der Waals surface area contributed by atoms with Crippen LogP contribution in [-0.2, 0) is 32.1 Å². The van der Waals surface area contributed by atoms with E-state index in [1.165, 1.54) is 0 Å². The second-order valence-corrected chi connectivity index (χ2v) is 8.62. The SMILES string of the molecule is CNC=O.O=C(Cc1ccccc1)NC(COCc1ccccc1)C(=O)Nc1ccc(Oc2ccccc2)cc1. The van der Waals surface area contributed by atoms with Crippen molar-refractivity contribution in [1.29, 1.82) is 0 Å². The Morgan fingerprint density at radius 3 is 1.85 bits per heavy atom. The number of carbonyl (C=O) groups excluding carboxylic acids is 3. The van der Waals surface area contributed by atoms with Gasteiger partial charge in [-0.2, -0.15) is 0 Å². The summed E-state index contributed by atoms with van der Waals surface area (Å²) in [6, 6.07) is 34.7. The molecule has 0 aliphatic rings. The molecule has 40 heavy (non-hydrogen) atoms. The third kappa shape index (κ3) is 10.8. The van der Waals surface area contributed by atoms with Crippen LogP contribution in [-0.4, -0.2) is 37.9 Å². The van der Waals surface area contributed by atoms with Crippen LogP contribution < -0.4 is 20.7 Å². The minimum atomic E-state index is -0.856. The van der Waals surface area contributed by atoms with Crippen LogP contribution >= 0.6 is 0 Å². The lowest BCUT2D eigenvalue weighted by atomic mass is 10.1. The number of carbonyl (C=O) groups is 3. The summed E-state index contributed by atoms with van der Waals surface area (Å²) in [4.78, 5) is 34.8. The Morgan fingerprint density at radius 1 is 0.750 bits per heavy atom. The summed E-state index contributed by atoms with van der Waals surface area (Å²) in [7, 11) is 1.56. The Kier molecular flexibility index (Phi) is 12.4. The summed E-state index contributed by atoms with van der Waals surface area (Å²) in [5.74, 6) is 0.765. The second-order valence-electron chi connectivity index (χ2n) is 8.62. The van der Waals surface area contributed by atoms with Crippen LogP contribution in [0.1, 0.15) is 11.1 Å². The minimum Gasteiger partial charge on any atom is -0.457 e. The van der Waals surface area contributed by atoms with Crippen LogP contribution in [0.5, 0.6) is 11.5 Å². The maximum absolute atomic E-state index is 13.1. The standard InChI is InChI=1S/C30H28N2O4.C2H5NO/c33-29(20-23-10-4-1-5-11-23)32-28(22-35-21-24-12-6-2-7-13-24)30(34)31-25-16-18-27(19-17-25)36-26-14-8-3-9-15-26;1-3-2-4/h1-19,28H,20-22H2,(H,31,34)(H,32,33);2H,1H3,(H,3,4). The molecule has 3 amide bonds. The van der Waals surface area contributed by atoms with E-state index in [-0.39, 0.29) is 24.8 Å². The van der Waals surface area contributed by atoms with E-state index in [4.69, 9.17) is 14.3 Å². The lowest BCUT2D eigenvalue weighted by Gasteiger charge is -2.19. The first-order valence-corrected chi connectivity index (χ1v) is 12.8. The van der Waals surface area contributed by atoms with Crippen molar-refractivity contribution in [1.82, 2.24) is 10.6 Å². The fraction of sp³-hybridized carbons (Fsp3) is 0.156. The van der Waals surface area contributed by atoms with Crippen LogP contribution in [0.15, 0.2) is 115 Å². The number of benzene rings is 4. The molecule has 0 spiro atoms. The van der Waals surface area contributed by atoms with Gasteiger partial charge in [0.05, 0.1) is 19.6 Å². The molecule has 0 heterocycles. The number of ether oxygens (including phenoxy) is 2. The number of anilines is 1. The first-order chi connectivity index (χ1) is 19.6. The molecule has 4 aromatic rings. The van der Waals surface area contributed by atoms with Crippen molar-refractivity contribution in [2.24, 2.45) is 0 Å². The molecule has 0 aliphatic heterocycles. The third-order valence-corrected chi connectivity index (χ3v) is 5.47. The zero-order valence-corrected chi connectivity index (χ0v) is 22.3. The topological polar surface area (TPSA) is 106 Å². The summed E-state index contributed by atoms with van der Waals surface area (Å²) in [6.07, 6.45) is 0.800. The normalized spacial score (nSPS) is 10.7. The fourth-order valence-corrected chi connectivity index (χ4v) is 3.54. The summed E-state index contributed by atoms with van der Waals surface area (Å²) in [5, 5.41) is 7.93. The van der Waals surface area contributed by atoms with Gasteiger partial charge in [-0.15, -0.1) is 0 Å². The highest BCUT2D eigenvalue weighted by atomic mass is 16.5. The number of hydrogen-bond acceptors (Lipinski definition) is 5. The van der Waals surface area contributed by atoms with Crippen LogP contribution in [0.25, 0.3) is 0 Å². The van der Waals surface area contributed by atoms with Gasteiger partial charge in [0.1, 0.15) is 17.5 Å². The van der Waals surface area contributed by atoms with Crippen molar-refractivity contribution in [3.8, 4) is 11.5 Å². The molecule has 206 valence electrons. The molecule has 0 aliphatic carbocycles. The smallest absolute Gasteiger partial charge is 0.249 e. The second kappa shape index (κ2) is 16.8. The van der Waals surface area contributed by atoms with Crippen LogP contribution in [0, 0.1) is 0 Å². The molecule has 0 saturated heterocycles. The molecule has 0 radical (unpaired) electrons. The van der Waals surface area contributed by atoms with Gasteiger partial charge in [-0.1, -0.05) is 78.9 Å². The molecular formula is C32H33N3O5. The van der Waals surface area contributed by atoms with Crippen LogP contribution in [0.2, 0.25) is 0 Å². The van der Waals surface area contributed by atoms with Gasteiger partial charge >= 0.3 is 0 Å². The van der Waals surface area contributed by atoms with E-state index in [9.17, 15) is 9.59 Å². The highest BCUT2D eigenvalue weighted by Gasteiger charge is 2.21. The summed E-state index contributed by atoms with van der Waals surface area (Å²) in [6.45, 7) is 0.376. The maximum atomic E-state index is 13.1. The van der Waals surface area contributed by atoms with Crippen LogP contribution in [0.4, 0.5) is 5.69 Å². The number of hydrogen-bond donors (Lipinski definition) is 3. The molecule has 8 heteroatoms. The Morgan fingerprint density at radius 2 is 1.27 bits per heavy atom. The van der Waals surface area contributed by atoms with Gasteiger partial charge in [-0.25, -0.2) is 0 Å². The van der Waals surface area contributed by atoms with Crippen molar-refractivity contribution in [3.05, 3.63) is 126 Å². The quantitative estimate of drug-likeness (QED) is 0.226. The van der Waals surface area contributed by atoms with E-state index >= 15 is 0 Å². The van der Waals surface area contributed by atoms with E-state index in [0.717, 1.165) is 16.9 Å². The summed E-state index contributed by atoms with van der Waals surface area (Å²) < 4.78 is 11.6. The van der Waals surface area contributed by atoms with Gasteiger partial charge in [0.2, 0.25) is 18.2 Å². The Bertz CT molecular complexity index is 1300. The van der Waals surface area contributed by atoms with E-state index in [0.29, 0.717) is 24.5 Å². The average Bonchev–Trinajstić information content (AvgIpc) is 2.99. The minimum absolute atomic E-state index is 0.0382. The third-order valence-electron chi connectivity index (χ3n) is 5.47. The summed E-state index contributed by atoms with van der Waals surface area (Å²) >= 11 is 0. The number of rotatable bonds is 12. The largest absolute Gasteiger partial charge is 0.457 e. The molecule has 1 atom stereocenters. The Hall–Kier alpha value is -4.95. The van der Waals surface area contributed by atoms with Gasteiger partial charge in [0.15, 0.2) is 0 Å². The van der Waals surface area contributed by atoms with Crippen LogP contribution in [0.3, 0.4) is 0 Å². The summed E-state index contributed by atoms with van der Waals surface area (Å²) in [5.41, 5.74) is 2.44. The zero-order valence-electron chi connectivity index (χ0n) is 22.3. The van der Waals surface area contributed by atoms with Crippen molar-refractivity contribution in [2.45, 2.75) is 19.1 Å².